The third kappa shape index (κ3) is 4.10. The lowest BCUT2D eigenvalue weighted by molar-refractivity contribution is 0.322. The summed E-state index contributed by atoms with van der Waals surface area (Å²) in [6.45, 7) is 5.16. The van der Waals surface area contributed by atoms with Crippen LogP contribution in [-0.4, -0.2) is 52.4 Å². The third-order valence-electron chi connectivity index (χ3n) is 4.46. The molecule has 3 heterocycles. The Balaban J connectivity index is 1.60. The first kappa shape index (κ1) is 17.3. The van der Waals surface area contributed by atoms with Gasteiger partial charge in [-0.25, -0.2) is 4.98 Å². The van der Waals surface area contributed by atoms with Crippen LogP contribution in [0.2, 0.25) is 0 Å². The Morgan fingerprint density at radius 1 is 1.48 bits per heavy atom. The van der Waals surface area contributed by atoms with Crippen molar-refractivity contribution in [3.63, 3.8) is 0 Å². The molecule has 1 unspecified atom stereocenters. The van der Waals surface area contributed by atoms with Crippen molar-refractivity contribution in [1.29, 1.82) is 0 Å². The maximum absolute atomic E-state index is 5.59. The molecule has 2 aromatic heterocycles. The van der Waals surface area contributed by atoms with E-state index in [9.17, 15) is 0 Å². The Labute approximate surface area is 148 Å². The highest BCUT2D eigenvalue weighted by Crippen LogP contribution is 2.26. The number of pyridine rings is 1. The molecule has 1 aliphatic rings. The van der Waals surface area contributed by atoms with Gasteiger partial charge in [0.15, 0.2) is 5.96 Å². The van der Waals surface area contributed by atoms with Crippen LogP contribution in [-0.2, 0) is 13.6 Å². The molecular formula is C18H26N6O. The molecule has 134 valence electrons. The number of nitrogens with zero attached hydrogens (tertiary/aromatic N) is 5. The summed E-state index contributed by atoms with van der Waals surface area (Å²) >= 11 is 0. The SMILES string of the molecule is CCOc1ncccc1CNC(=NC)N1CCC(c2cnn(C)c2)C1. The zero-order valence-corrected chi connectivity index (χ0v) is 15.1. The maximum atomic E-state index is 5.59. The molecule has 7 nitrogen and oxygen atoms in total. The summed E-state index contributed by atoms with van der Waals surface area (Å²) < 4.78 is 7.46. The van der Waals surface area contributed by atoms with Crippen LogP contribution in [0.5, 0.6) is 5.88 Å². The molecule has 1 fully saturated rings. The molecule has 1 atom stereocenters. The van der Waals surface area contributed by atoms with E-state index in [1.165, 1.54) is 5.56 Å². The largest absolute Gasteiger partial charge is 0.478 e. The van der Waals surface area contributed by atoms with Crippen LogP contribution in [0, 0.1) is 0 Å². The van der Waals surface area contributed by atoms with E-state index < -0.39 is 0 Å². The van der Waals surface area contributed by atoms with Crippen molar-refractivity contribution < 1.29 is 4.74 Å². The van der Waals surface area contributed by atoms with Crippen LogP contribution in [0.3, 0.4) is 0 Å². The van der Waals surface area contributed by atoms with Gasteiger partial charge < -0.3 is 15.0 Å². The molecule has 0 aliphatic carbocycles. The van der Waals surface area contributed by atoms with Gasteiger partial charge in [-0.3, -0.25) is 9.67 Å². The molecule has 2 aromatic rings. The summed E-state index contributed by atoms with van der Waals surface area (Å²) in [5.74, 6) is 2.10. The average molecular weight is 342 g/mol. The standard InChI is InChI=1S/C18H26N6O/c1-4-25-17-14(6-5-8-20-17)10-21-18(19-2)24-9-7-15(13-24)16-11-22-23(3)12-16/h5-6,8,11-12,15H,4,7,9-10,13H2,1-3H3,(H,19,21). The van der Waals surface area contributed by atoms with Gasteiger partial charge in [0.05, 0.1) is 12.8 Å². The van der Waals surface area contributed by atoms with Gasteiger partial charge in [-0.1, -0.05) is 6.07 Å². The first-order valence-corrected chi connectivity index (χ1v) is 8.72. The second-order valence-electron chi connectivity index (χ2n) is 6.18. The van der Waals surface area contributed by atoms with Gasteiger partial charge in [-0.15, -0.1) is 0 Å². The van der Waals surface area contributed by atoms with E-state index in [-0.39, 0.29) is 0 Å². The number of nitrogens with one attached hydrogen (secondary N) is 1. The number of hydrogen-bond donors (Lipinski definition) is 1. The molecule has 0 bridgehead atoms. The summed E-state index contributed by atoms with van der Waals surface area (Å²) in [6.07, 6.45) is 6.94. The van der Waals surface area contributed by atoms with Gasteiger partial charge in [0, 0.05) is 57.6 Å². The molecule has 1 N–H and O–H groups in total. The second kappa shape index (κ2) is 8.00. The van der Waals surface area contributed by atoms with Gasteiger partial charge in [0.1, 0.15) is 0 Å². The van der Waals surface area contributed by atoms with Crippen molar-refractivity contribution in [3.05, 3.63) is 41.9 Å². The van der Waals surface area contributed by atoms with Gasteiger partial charge in [0.25, 0.3) is 0 Å². The monoisotopic (exact) mass is 342 g/mol. The van der Waals surface area contributed by atoms with Crippen LogP contribution in [0.1, 0.15) is 30.4 Å². The molecule has 0 aromatic carbocycles. The Kier molecular flexibility index (Phi) is 5.53. The van der Waals surface area contributed by atoms with Crippen molar-refractivity contribution in [1.82, 2.24) is 25.0 Å². The summed E-state index contributed by atoms with van der Waals surface area (Å²) in [7, 11) is 3.78. The number of ether oxygens (including phenoxy) is 1. The van der Waals surface area contributed by atoms with Gasteiger partial charge in [0.2, 0.25) is 5.88 Å². The highest BCUT2D eigenvalue weighted by atomic mass is 16.5. The lowest BCUT2D eigenvalue weighted by atomic mass is 10.0. The van der Waals surface area contributed by atoms with E-state index >= 15 is 0 Å². The van der Waals surface area contributed by atoms with Crippen LogP contribution in [0.25, 0.3) is 0 Å². The van der Waals surface area contributed by atoms with Crippen LogP contribution in [0.4, 0.5) is 0 Å². The predicted molar refractivity (Wildman–Crippen MR) is 97.7 cm³/mol. The molecule has 7 heteroatoms. The first-order valence-electron chi connectivity index (χ1n) is 8.72. The lowest BCUT2D eigenvalue weighted by Crippen LogP contribution is -2.39. The number of hydrogen-bond acceptors (Lipinski definition) is 4. The van der Waals surface area contributed by atoms with E-state index in [0.29, 0.717) is 24.9 Å². The molecule has 25 heavy (non-hydrogen) atoms. The molecule has 1 saturated heterocycles. The maximum Gasteiger partial charge on any atom is 0.218 e. The molecular weight excluding hydrogens is 316 g/mol. The average Bonchev–Trinajstić information content (AvgIpc) is 3.26. The summed E-state index contributed by atoms with van der Waals surface area (Å²) in [6, 6.07) is 3.96. The number of guanidine groups is 1. The summed E-state index contributed by atoms with van der Waals surface area (Å²) in [5.41, 5.74) is 2.33. The Morgan fingerprint density at radius 2 is 2.36 bits per heavy atom. The minimum Gasteiger partial charge on any atom is -0.478 e. The number of aliphatic imine (C=N–C) groups is 1. The quantitative estimate of drug-likeness (QED) is 0.663. The van der Waals surface area contributed by atoms with E-state index in [1.54, 1.807) is 6.20 Å². The zero-order valence-electron chi connectivity index (χ0n) is 15.1. The van der Waals surface area contributed by atoms with Crippen molar-refractivity contribution in [2.24, 2.45) is 12.0 Å². The number of rotatable bonds is 5. The number of aromatic nitrogens is 3. The minimum atomic E-state index is 0.504. The third-order valence-corrected chi connectivity index (χ3v) is 4.46. The summed E-state index contributed by atoms with van der Waals surface area (Å²) in [5, 5.41) is 7.72. The minimum absolute atomic E-state index is 0.504. The molecule has 1 aliphatic heterocycles. The van der Waals surface area contributed by atoms with Crippen LogP contribution < -0.4 is 10.1 Å². The molecule has 0 saturated carbocycles. The molecule has 0 amide bonds. The van der Waals surface area contributed by atoms with Crippen molar-refractivity contribution in [2.45, 2.75) is 25.8 Å². The fourth-order valence-corrected chi connectivity index (χ4v) is 3.21. The second-order valence-corrected chi connectivity index (χ2v) is 6.18. The Hall–Kier alpha value is -2.57. The topological polar surface area (TPSA) is 67.6 Å². The van der Waals surface area contributed by atoms with Crippen molar-refractivity contribution in [3.8, 4) is 5.88 Å². The number of aryl methyl sites for hydroxylation is 1. The van der Waals surface area contributed by atoms with E-state index in [4.69, 9.17) is 4.74 Å². The number of likely N-dealkylation sites (tertiary alicyclic amines) is 1. The smallest absolute Gasteiger partial charge is 0.218 e. The predicted octanol–water partition coefficient (Wildman–Crippen LogP) is 1.78. The van der Waals surface area contributed by atoms with Crippen LogP contribution >= 0.6 is 0 Å². The van der Waals surface area contributed by atoms with Gasteiger partial charge in [-0.2, -0.15) is 5.10 Å². The highest BCUT2D eigenvalue weighted by Gasteiger charge is 2.26. The van der Waals surface area contributed by atoms with E-state index in [2.05, 4.69) is 31.5 Å². The van der Waals surface area contributed by atoms with Crippen molar-refractivity contribution in [2.75, 3.05) is 26.7 Å². The molecule has 3 rings (SSSR count). The Morgan fingerprint density at radius 3 is 3.08 bits per heavy atom. The Bertz CT molecular complexity index is 726. The fourth-order valence-electron chi connectivity index (χ4n) is 3.21. The molecule has 0 spiro atoms. The molecule has 0 radical (unpaired) electrons. The highest BCUT2D eigenvalue weighted by molar-refractivity contribution is 5.80. The van der Waals surface area contributed by atoms with E-state index in [1.807, 2.05) is 44.0 Å². The van der Waals surface area contributed by atoms with E-state index in [0.717, 1.165) is 31.0 Å². The van der Waals surface area contributed by atoms with Crippen LogP contribution in [0.15, 0.2) is 35.7 Å². The van der Waals surface area contributed by atoms with Gasteiger partial charge in [-0.05, 0) is 25.0 Å². The first-order chi connectivity index (χ1) is 12.2. The summed E-state index contributed by atoms with van der Waals surface area (Å²) in [4.78, 5) is 11.0. The normalized spacial score (nSPS) is 17.8. The lowest BCUT2D eigenvalue weighted by Gasteiger charge is -2.22. The zero-order chi connectivity index (χ0) is 17.6. The van der Waals surface area contributed by atoms with Crippen molar-refractivity contribution >= 4 is 5.96 Å². The fraction of sp³-hybridized carbons (Fsp3) is 0.500. The van der Waals surface area contributed by atoms with Gasteiger partial charge >= 0.3 is 0 Å².